The number of carbonyl (C=O) groups is 3. The molecule has 26 heavy (non-hydrogen) atoms. The molecule has 2 aromatic rings. The molecule has 1 aliphatic carbocycles. The maximum absolute atomic E-state index is 13.0. The van der Waals surface area contributed by atoms with Crippen molar-refractivity contribution >= 4 is 29.0 Å². The summed E-state index contributed by atoms with van der Waals surface area (Å²) in [5, 5.41) is 0.571. The van der Waals surface area contributed by atoms with Crippen molar-refractivity contribution in [2.45, 2.75) is 33.1 Å². The van der Waals surface area contributed by atoms with E-state index in [1.54, 1.807) is 48.5 Å². The lowest BCUT2D eigenvalue weighted by atomic mass is 9.75. The van der Waals surface area contributed by atoms with Gasteiger partial charge in [-0.3, -0.25) is 14.4 Å². The van der Waals surface area contributed by atoms with E-state index in [1.165, 1.54) is 0 Å². The number of hydrogen-bond acceptors (Lipinski definition) is 3. The average Bonchev–Trinajstić information content (AvgIpc) is 2.84. The lowest BCUT2D eigenvalue weighted by Crippen LogP contribution is -2.30. The molecule has 0 amide bonds. The van der Waals surface area contributed by atoms with Crippen molar-refractivity contribution in [1.82, 2.24) is 0 Å². The first kappa shape index (κ1) is 18.5. The molecule has 0 aromatic heterocycles. The molecule has 1 atom stereocenters. The van der Waals surface area contributed by atoms with Crippen LogP contribution >= 0.6 is 11.6 Å². The van der Waals surface area contributed by atoms with E-state index in [2.05, 4.69) is 0 Å². The Kier molecular flexibility index (Phi) is 4.85. The Hall–Kier alpha value is -2.26. The van der Waals surface area contributed by atoms with Gasteiger partial charge in [0, 0.05) is 33.9 Å². The first-order chi connectivity index (χ1) is 12.2. The summed E-state index contributed by atoms with van der Waals surface area (Å²) in [6.45, 7) is 5.55. The minimum Gasteiger partial charge on any atom is -0.299 e. The maximum Gasteiger partial charge on any atom is 0.175 e. The molecule has 0 saturated carbocycles. The van der Waals surface area contributed by atoms with Gasteiger partial charge in [-0.25, -0.2) is 0 Å². The smallest absolute Gasteiger partial charge is 0.175 e. The highest BCUT2D eigenvalue weighted by Gasteiger charge is 2.44. The molecular formula is C22H21ClO3. The van der Waals surface area contributed by atoms with Gasteiger partial charge in [0.2, 0.25) is 0 Å². The Labute approximate surface area is 158 Å². The third kappa shape index (κ3) is 3.36. The molecule has 1 aliphatic rings. The van der Waals surface area contributed by atoms with Gasteiger partial charge in [0.05, 0.1) is 5.92 Å². The van der Waals surface area contributed by atoms with Crippen molar-refractivity contribution in [3.8, 4) is 0 Å². The molecule has 0 heterocycles. The van der Waals surface area contributed by atoms with Gasteiger partial charge in [-0.1, -0.05) is 68.8 Å². The fourth-order valence-corrected chi connectivity index (χ4v) is 3.50. The number of rotatable bonds is 4. The van der Waals surface area contributed by atoms with Crippen molar-refractivity contribution in [2.75, 3.05) is 0 Å². The quantitative estimate of drug-likeness (QED) is 0.703. The van der Waals surface area contributed by atoms with Crippen molar-refractivity contribution in [3.63, 3.8) is 0 Å². The Morgan fingerprint density at radius 3 is 1.92 bits per heavy atom. The third-order valence-corrected chi connectivity index (χ3v) is 5.22. The molecular weight excluding hydrogens is 348 g/mol. The van der Waals surface area contributed by atoms with E-state index in [4.69, 9.17) is 11.6 Å². The van der Waals surface area contributed by atoms with Gasteiger partial charge >= 0.3 is 0 Å². The molecule has 0 saturated heterocycles. The third-order valence-electron chi connectivity index (χ3n) is 4.97. The van der Waals surface area contributed by atoms with Crippen molar-refractivity contribution in [1.29, 1.82) is 0 Å². The van der Waals surface area contributed by atoms with Crippen LogP contribution in [0.5, 0.6) is 0 Å². The minimum absolute atomic E-state index is 0.0222. The standard InChI is InChI=1S/C22H21ClO3/c1-22(2,3)18(24)12-17(13-8-10-14(23)11-9-13)19-20(25)15-6-4-5-7-16(15)21(19)26/h4-11,17,19H,12H2,1-3H3/t17-/m1/s1. The summed E-state index contributed by atoms with van der Waals surface area (Å²) in [5.41, 5.74) is 1.14. The van der Waals surface area contributed by atoms with E-state index in [-0.39, 0.29) is 23.8 Å². The number of ketones is 3. The van der Waals surface area contributed by atoms with Crippen molar-refractivity contribution in [2.24, 2.45) is 11.3 Å². The van der Waals surface area contributed by atoms with Crippen LogP contribution in [0.3, 0.4) is 0 Å². The van der Waals surface area contributed by atoms with Gasteiger partial charge in [0.25, 0.3) is 0 Å². The molecule has 4 heteroatoms. The molecule has 0 radical (unpaired) electrons. The molecule has 0 N–H and O–H groups in total. The normalized spacial score (nSPS) is 15.8. The van der Waals surface area contributed by atoms with Crippen molar-refractivity contribution in [3.05, 3.63) is 70.2 Å². The molecule has 0 aliphatic heterocycles. The summed E-state index contributed by atoms with van der Waals surface area (Å²) >= 11 is 5.98. The van der Waals surface area contributed by atoms with Crippen LogP contribution in [0.15, 0.2) is 48.5 Å². The Morgan fingerprint density at radius 1 is 0.962 bits per heavy atom. The zero-order valence-electron chi connectivity index (χ0n) is 15.1. The van der Waals surface area contributed by atoms with Gasteiger partial charge in [-0.15, -0.1) is 0 Å². The predicted octanol–water partition coefficient (Wildman–Crippen LogP) is 5.12. The van der Waals surface area contributed by atoms with E-state index in [9.17, 15) is 14.4 Å². The first-order valence-electron chi connectivity index (χ1n) is 8.66. The highest BCUT2D eigenvalue weighted by molar-refractivity contribution is 6.30. The summed E-state index contributed by atoms with van der Waals surface area (Å²) < 4.78 is 0. The zero-order chi connectivity index (χ0) is 19.1. The fraction of sp³-hybridized carbons (Fsp3) is 0.318. The highest BCUT2D eigenvalue weighted by atomic mass is 35.5. The molecule has 2 aromatic carbocycles. The second-order valence-electron chi connectivity index (χ2n) is 7.79. The summed E-state index contributed by atoms with van der Waals surface area (Å²) in [4.78, 5) is 38.6. The average molecular weight is 369 g/mol. The Balaban J connectivity index is 2.04. The molecule has 3 rings (SSSR count). The molecule has 0 fully saturated rings. The fourth-order valence-electron chi connectivity index (χ4n) is 3.38. The van der Waals surface area contributed by atoms with Crippen LogP contribution in [0.25, 0.3) is 0 Å². The van der Waals surface area contributed by atoms with Crippen molar-refractivity contribution < 1.29 is 14.4 Å². The number of carbonyl (C=O) groups excluding carboxylic acids is 3. The van der Waals surface area contributed by atoms with Gasteiger partial charge < -0.3 is 0 Å². The summed E-state index contributed by atoms with van der Waals surface area (Å²) in [6, 6.07) is 13.9. The molecule has 0 unspecified atom stereocenters. The van der Waals surface area contributed by atoms with Gasteiger partial charge in [0.15, 0.2) is 11.6 Å². The summed E-state index contributed by atoms with van der Waals surface area (Å²) in [6.07, 6.45) is 0.140. The van der Waals surface area contributed by atoms with E-state index in [0.29, 0.717) is 16.1 Å². The Morgan fingerprint density at radius 2 is 1.46 bits per heavy atom. The van der Waals surface area contributed by atoms with Crippen LogP contribution in [0, 0.1) is 11.3 Å². The lowest BCUT2D eigenvalue weighted by molar-refractivity contribution is -0.126. The number of fused-ring (bicyclic) bond motifs is 1. The van der Waals surface area contributed by atoms with Crippen LogP contribution in [0.4, 0.5) is 0 Å². The maximum atomic E-state index is 13.0. The number of benzene rings is 2. The molecule has 0 bridgehead atoms. The Bertz CT molecular complexity index is 840. The second-order valence-corrected chi connectivity index (χ2v) is 8.22. The zero-order valence-corrected chi connectivity index (χ0v) is 15.8. The first-order valence-corrected chi connectivity index (χ1v) is 9.04. The van der Waals surface area contributed by atoms with Crippen LogP contribution in [0.1, 0.15) is 59.4 Å². The molecule has 3 nitrogen and oxygen atoms in total. The van der Waals surface area contributed by atoms with Crippen LogP contribution in [0.2, 0.25) is 5.02 Å². The van der Waals surface area contributed by atoms with Crippen LogP contribution < -0.4 is 0 Å². The largest absolute Gasteiger partial charge is 0.299 e. The van der Waals surface area contributed by atoms with E-state index >= 15 is 0 Å². The second kappa shape index (κ2) is 6.81. The minimum atomic E-state index is -0.861. The topological polar surface area (TPSA) is 51.2 Å². The van der Waals surface area contributed by atoms with Crippen LogP contribution in [-0.4, -0.2) is 17.3 Å². The summed E-state index contributed by atoms with van der Waals surface area (Å²) in [7, 11) is 0. The van der Waals surface area contributed by atoms with Gasteiger partial charge in [-0.2, -0.15) is 0 Å². The predicted molar refractivity (Wildman–Crippen MR) is 102 cm³/mol. The molecule has 0 spiro atoms. The SMILES string of the molecule is CC(C)(C)C(=O)C[C@H](c1ccc(Cl)cc1)C1C(=O)c2ccccc2C1=O. The van der Waals surface area contributed by atoms with Gasteiger partial charge in [0.1, 0.15) is 5.78 Å². The number of hydrogen-bond donors (Lipinski definition) is 0. The monoisotopic (exact) mass is 368 g/mol. The van der Waals surface area contributed by atoms with E-state index < -0.39 is 17.3 Å². The van der Waals surface area contributed by atoms with Crippen LogP contribution in [-0.2, 0) is 4.79 Å². The van der Waals surface area contributed by atoms with E-state index in [0.717, 1.165) is 5.56 Å². The molecule has 134 valence electrons. The number of halogens is 1. The summed E-state index contributed by atoms with van der Waals surface area (Å²) in [5.74, 6) is -1.74. The highest BCUT2D eigenvalue weighted by Crippen LogP contribution is 2.40. The van der Waals surface area contributed by atoms with E-state index in [1.807, 2.05) is 20.8 Å². The van der Waals surface area contributed by atoms with Gasteiger partial charge in [-0.05, 0) is 17.7 Å². The number of Topliss-reactive ketones (excluding diaryl/α,β-unsaturated/α-hetero) is 3. The lowest BCUT2D eigenvalue weighted by Gasteiger charge is -2.25.